The molecule has 2 N–H and O–H groups in total. The van der Waals surface area contributed by atoms with Crippen LogP contribution >= 0.6 is 11.6 Å². The van der Waals surface area contributed by atoms with Crippen molar-refractivity contribution in [1.82, 2.24) is 15.3 Å². The van der Waals surface area contributed by atoms with E-state index in [2.05, 4.69) is 5.48 Å². The number of hydrogen-bond acceptors (Lipinski definition) is 6. The van der Waals surface area contributed by atoms with Crippen molar-refractivity contribution in [2.24, 2.45) is 11.3 Å². The summed E-state index contributed by atoms with van der Waals surface area (Å²) in [6.45, 7) is 2.94. The minimum absolute atomic E-state index is 0.0246. The number of aliphatic carboxylic acids is 1. The van der Waals surface area contributed by atoms with Crippen LogP contribution in [0.4, 0.5) is 4.39 Å². The molecular weight excluding hydrogens is 565 g/mol. The number of amides is 2. The van der Waals surface area contributed by atoms with Crippen LogP contribution in [-0.2, 0) is 25.6 Å². The maximum atomic E-state index is 14.3. The summed E-state index contributed by atoms with van der Waals surface area (Å²) in [6.07, 6.45) is 8.08. The number of allylic oxidation sites excluding steroid dienone is 2. The number of carboxylic acids is 1. The highest BCUT2D eigenvalue weighted by Crippen LogP contribution is 2.46. The van der Waals surface area contributed by atoms with Crippen LogP contribution in [-0.4, -0.2) is 65.0 Å². The van der Waals surface area contributed by atoms with E-state index in [1.54, 1.807) is 41.0 Å². The molecule has 1 saturated heterocycles. The predicted octanol–water partition coefficient (Wildman–Crippen LogP) is 4.63. The van der Waals surface area contributed by atoms with Crippen molar-refractivity contribution in [2.75, 3.05) is 26.2 Å². The van der Waals surface area contributed by atoms with Crippen molar-refractivity contribution in [2.45, 2.75) is 64.0 Å². The number of benzene rings is 1. The van der Waals surface area contributed by atoms with Gasteiger partial charge in [0, 0.05) is 42.2 Å². The highest BCUT2D eigenvalue weighted by Gasteiger charge is 2.50. The van der Waals surface area contributed by atoms with E-state index in [1.165, 1.54) is 6.08 Å². The molecule has 1 unspecified atom stereocenters. The van der Waals surface area contributed by atoms with E-state index in [-0.39, 0.29) is 25.0 Å². The number of hydroxylamine groups is 1. The smallest absolute Gasteiger partial charge is 0.310 e. The summed E-state index contributed by atoms with van der Waals surface area (Å²) in [6, 6.07) is 2.95. The second-order valence-electron chi connectivity index (χ2n) is 11.9. The summed E-state index contributed by atoms with van der Waals surface area (Å²) >= 11 is 6.71. The van der Waals surface area contributed by atoms with E-state index in [0.717, 1.165) is 30.4 Å². The number of rotatable bonds is 7. The number of nitrogens with zero attached hydrogens (tertiary/aromatic N) is 2. The van der Waals surface area contributed by atoms with Gasteiger partial charge in [-0.2, -0.15) is 0 Å². The van der Waals surface area contributed by atoms with Gasteiger partial charge in [0.1, 0.15) is 18.2 Å². The monoisotopic (exact) mass is 599 g/mol. The molecule has 4 atom stereocenters. The maximum Gasteiger partial charge on any atom is 0.310 e. The van der Waals surface area contributed by atoms with Gasteiger partial charge in [-0.1, -0.05) is 36.6 Å². The highest BCUT2D eigenvalue weighted by atomic mass is 35.5. The number of nitrogens with one attached hydrogen (secondary N) is 1. The van der Waals surface area contributed by atoms with E-state index in [9.17, 15) is 23.9 Å². The molecule has 6 rings (SSSR count). The van der Waals surface area contributed by atoms with Gasteiger partial charge in [-0.25, -0.2) is 4.39 Å². The third kappa shape index (κ3) is 4.98. The normalized spacial score (nSPS) is 28.8. The third-order valence-electron chi connectivity index (χ3n) is 9.50. The molecule has 2 amide bonds. The van der Waals surface area contributed by atoms with E-state index in [4.69, 9.17) is 21.2 Å². The van der Waals surface area contributed by atoms with Gasteiger partial charge in [0.2, 0.25) is 11.8 Å². The Morgan fingerprint density at radius 1 is 1.24 bits per heavy atom. The van der Waals surface area contributed by atoms with Crippen molar-refractivity contribution >= 4 is 29.4 Å². The lowest BCUT2D eigenvalue weighted by Gasteiger charge is -2.45. The summed E-state index contributed by atoms with van der Waals surface area (Å²) in [7, 11) is 0. The first kappa shape index (κ1) is 28.7. The molecule has 0 spiro atoms. The molecule has 224 valence electrons. The third-order valence-corrected chi connectivity index (χ3v) is 9.85. The molecule has 0 aromatic heterocycles. The first-order valence-electron chi connectivity index (χ1n) is 14.6. The molecule has 1 saturated carbocycles. The van der Waals surface area contributed by atoms with Crippen LogP contribution in [0.5, 0.6) is 5.75 Å². The molecule has 2 fully saturated rings. The minimum Gasteiger partial charge on any atom is -0.487 e. The first-order valence-corrected chi connectivity index (χ1v) is 15.0. The van der Waals surface area contributed by atoms with E-state index in [1.807, 2.05) is 0 Å². The number of halogens is 2. The second kappa shape index (κ2) is 11.4. The first-order chi connectivity index (χ1) is 20.2. The molecule has 0 bridgehead atoms. The maximum absolute atomic E-state index is 14.3. The van der Waals surface area contributed by atoms with Crippen molar-refractivity contribution in [3.8, 4) is 5.75 Å². The molecule has 0 radical (unpaired) electrons. The average molecular weight is 600 g/mol. The molecule has 1 aromatic carbocycles. The van der Waals surface area contributed by atoms with Crippen LogP contribution < -0.4 is 10.2 Å². The van der Waals surface area contributed by atoms with Crippen molar-refractivity contribution < 1.29 is 33.5 Å². The fraction of sp³-hybridized carbons (Fsp3) is 0.516. The minimum atomic E-state index is -1.16. The van der Waals surface area contributed by atoms with E-state index < -0.39 is 35.3 Å². The van der Waals surface area contributed by atoms with Crippen molar-refractivity contribution in [1.29, 1.82) is 0 Å². The lowest BCUT2D eigenvalue weighted by molar-refractivity contribution is -0.162. The van der Waals surface area contributed by atoms with Gasteiger partial charge >= 0.3 is 5.97 Å². The SMILES string of the molecule is C[C@]1(C(=O)O)CCCC[C@H]1C(=O)N1CCc2c(Cl)ccc(OCC3=C4C=CC=C(F)C4ON3)c2[C@H]1CN1CCCC1=O. The summed E-state index contributed by atoms with van der Waals surface area (Å²) in [5, 5.41) is 10.7. The number of ether oxygens (including phenoxy) is 1. The molecule has 3 heterocycles. The zero-order chi connectivity index (χ0) is 29.6. The topological polar surface area (TPSA) is 108 Å². The Hall–Kier alpha value is -3.37. The lowest BCUT2D eigenvalue weighted by atomic mass is 9.66. The van der Waals surface area contributed by atoms with Crippen LogP contribution in [0.2, 0.25) is 5.02 Å². The molecule has 9 nitrogen and oxygen atoms in total. The zero-order valence-electron chi connectivity index (χ0n) is 23.5. The Morgan fingerprint density at radius 2 is 2.07 bits per heavy atom. The molecule has 1 aromatic rings. The average Bonchev–Trinajstić information content (AvgIpc) is 3.59. The number of fused-ring (bicyclic) bond motifs is 2. The van der Waals surface area contributed by atoms with Crippen molar-refractivity contribution in [3.63, 3.8) is 0 Å². The molecule has 2 aliphatic carbocycles. The Bertz CT molecular complexity index is 1410. The Kier molecular flexibility index (Phi) is 7.78. The summed E-state index contributed by atoms with van der Waals surface area (Å²) < 4.78 is 20.6. The Morgan fingerprint density at radius 3 is 2.83 bits per heavy atom. The second-order valence-corrected chi connectivity index (χ2v) is 12.3. The van der Waals surface area contributed by atoms with Crippen LogP contribution in [0.1, 0.15) is 62.6 Å². The van der Waals surface area contributed by atoms with Crippen LogP contribution in [0.15, 0.2) is 47.5 Å². The van der Waals surface area contributed by atoms with E-state index >= 15 is 0 Å². The standard InChI is InChI=1S/C31H35ClFN3O6/c1-31(30(39)40)13-3-2-7-20(31)29(38)36-15-12-18-21(32)10-11-25(27(18)24(36)16-35-14-5-9-26(35)37)41-17-23-19-6-4-8-22(33)28(19)42-34-23/h4,6,8,10-11,20,24,28,34H,2-3,5,7,9,12-17H2,1H3,(H,39,40)/t20-,24+,28?,31-/m0/s1. The number of likely N-dealkylation sites (tertiary alicyclic amines) is 1. The Labute approximate surface area is 248 Å². The quantitative estimate of drug-likeness (QED) is 0.470. The van der Waals surface area contributed by atoms with Gasteiger partial charge in [0.05, 0.1) is 23.1 Å². The molecular formula is C31H35ClFN3O6. The van der Waals surface area contributed by atoms with Crippen LogP contribution in [0.25, 0.3) is 0 Å². The number of carboxylic acid groups (broad SMARTS) is 1. The van der Waals surface area contributed by atoms with Gasteiger partial charge in [-0.15, -0.1) is 0 Å². The summed E-state index contributed by atoms with van der Waals surface area (Å²) in [4.78, 5) is 48.4. The molecule has 42 heavy (non-hydrogen) atoms. The van der Waals surface area contributed by atoms with Crippen LogP contribution in [0.3, 0.4) is 0 Å². The fourth-order valence-electron chi connectivity index (χ4n) is 7.05. The number of carbonyl (C=O) groups excluding carboxylic acids is 2. The largest absolute Gasteiger partial charge is 0.487 e. The molecule has 11 heteroatoms. The summed E-state index contributed by atoms with van der Waals surface area (Å²) in [5.41, 5.74) is 4.41. The van der Waals surface area contributed by atoms with Gasteiger partial charge < -0.3 is 19.6 Å². The predicted molar refractivity (Wildman–Crippen MR) is 152 cm³/mol. The van der Waals surface area contributed by atoms with Crippen LogP contribution in [0, 0.1) is 11.3 Å². The lowest BCUT2D eigenvalue weighted by Crippen LogP contribution is -2.52. The van der Waals surface area contributed by atoms with Gasteiger partial charge in [0.25, 0.3) is 0 Å². The van der Waals surface area contributed by atoms with Gasteiger partial charge in [0.15, 0.2) is 6.10 Å². The van der Waals surface area contributed by atoms with Gasteiger partial charge in [-0.05, 0) is 56.4 Å². The van der Waals surface area contributed by atoms with Crippen molar-refractivity contribution in [3.05, 3.63) is 63.6 Å². The van der Waals surface area contributed by atoms with E-state index in [0.29, 0.717) is 60.8 Å². The Balaban J connectivity index is 1.36. The fourth-order valence-corrected chi connectivity index (χ4v) is 7.31. The molecule has 3 aliphatic heterocycles. The summed E-state index contributed by atoms with van der Waals surface area (Å²) in [5.74, 6) is -1.71. The van der Waals surface area contributed by atoms with Gasteiger partial charge in [-0.3, -0.25) is 24.7 Å². The number of hydrogen-bond donors (Lipinski definition) is 2. The zero-order valence-corrected chi connectivity index (χ0v) is 24.3. The highest BCUT2D eigenvalue weighted by molar-refractivity contribution is 6.31. The number of carbonyl (C=O) groups is 3. The molecule has 5 aliphatic rings.